The standard InChI is InChI=1S/C25H35N3O6S/c1-6-21(25(30)26-7-2)27(16-15-19-11-9-8-10-12-19)24(29)18-28(35(5,31)32)22-14-13-20(33-3)17-23(22)34-4/h8-14,17,21H,6-7,15-16,18H2,1-5H3,(H,26,30). The first kappa shape index (κ1) is 28.0. The molecule has 1 unspecified atom stereocenters. The zero-order valence-corrected chi connectivity index (χ0v) is 21.8. The monoisotopic (exact) mass is 505 g/mol. The van der Waals surface area contributed by atoms with Crippen molar-refractivity contribution in [3.63, 3.8) is 0 Å². The van der Waals surface area contributed by atoms with Crippen LogP contribution < -0.4 is 19.1 Å². The van der Waals surface area contributed by atoms with Crippen LogP contribution in [0.25, 0.3) is 0 Å². The van der Waals surface area contributed by atoms with E-state index in [2.05, 4.69) is 5.32 Å². The lowest BCUT2D eigenvalue weighted by atomic mass is 10.1. The summed E-state index contributed by atoms with van der Waals surface area (Å²) in [6.45, 7) is 3.84. The summed E-state index contributed by atoms with van der Waals surface area (Å²) in [7, 11) is -0.963. The molecule has 0 fully saturated rings. The van der Waals surface area contributed by atoms with Gasteiger partial charge in [-0.25, -0.2) is 8.42 Å². The molecule has 2 rings (SSSR count). The number of methoxy groups -OCH3 is 2. The fourth-order valence-electron chi connectivity index (χ4n) is 3.77. The van der Waals surface area contributed by atoms with Crippen LogP contribution in [-0.2, 0) is 26.0 Å². The lowest BCUT2D eigenvalue weighted by Gasteiger charge is -2.33. The predicted molar refractivity (Wildman–Crippen MR) is 136 cm³/mol. The number of ether oxygens (including phenoxy) is 2. The number of benzene rings is 2. The maximum Gasteiger partial charge on any atom is 0.244 e. The molecule has 0 heterocycles. The van der Waals surface area contributed by atoms with Crippen molar-refractivity contribution in [3.05, 3.63) is 54.1 Å². The molecule has 0 radical (unpaired) electrons. The smallest absolute Gasteiger partial charge is 0.244 e. The van der Waals surface area contributed by atoms with Gasteiger partial charge in [0.2, 0.25) is 21.8 Å². The predicted octanol–water partition coefficient (Wildman–Crippen LogP) is 2.46. The van der Waals surface area contributed by atoms with Crippen molar-refractivity contribution in [2.45, 2.75) is 32.7 Å². The van der Waals surface area contributed by atoms with Crippen LogP contribution in [0, 0.1) is 0 Å². The Morgan fingerprint density at radius 1 is 1.03 bits per heavy atom. The van der Waals surface area contributed by atoms with Crippen LogP contribution in [0.2, 0.25) is 0 Å². The van der Waals surface area contributed by atoms with Gasteiger partial charge in [0.15, 0.2) is 0 Å². The number of anilines is 1. The number of nitrogens with zero attached hydrogens (tertiary/aromatic N) is 2. The summed E-state index contributed by atoms with van der Waals surface area (Å²) >= 11 is 0. The van der Waals surface area contributed by atoms with E-state index in [0.29, 0.717) is 25.1 Å². The van der Waals surface area contributed by atoms with Crippen LogP contribution in [0.4, 0.5) is 5.69 Å². The minimum Gasteiger partial charge on any atom is -0.497 e. The molecule has 2 aromatic rings. The molecule has 0 saturated carbocycles. The molecule has 1 N–H and O–H groups in total. The van der Waals surface area contributed by atoms with Crippen LogP contribution in [0.3, 0.4) is 0 Å². The van der Waals surface area contributed by atoms with Gasteiger partial charge in [0, 0.05) is 19.2 Å². The van der Waals surface area contributed by atoms with Gasteiger partial charge in [-0.3, -0.25) is 13.9 Å². The molecule has 2 amide bonds. The molecule has 35 heavy (non-hydrogen) atoms. The SMILES string of the molecule is CCNC(=O)C(CC)N(CCc1ccccc1)C(=O)CN(c1ccc(OC)cc1OC)S(C)(=O)=O. The van der Waals surface area contributed by atoms with E-state index in [4.69, 9.17) is 9.47 Å². The molecule has 9 nitrogen and oxygen atoms in total. The van der Waals surface area contributed by atoms with Gasteiger partial charge in [-0.1, -0.05) is 37.3 Å². The number of carbonyl (C=O) groups is 2. The third kappa shape index (κ3) is 7.61. The largest absolute Gasteiger partial charge is 0.497 e. The second kappa shape index (κ2) is 13.0. The number of amides is 2. The van der Waals surface area contributed by atoms with Gasteiger partial charge in [-0.2, -0.15) is 0 Å². The quantitative estimate of drug-likeness (QED) is 0.448. The van der Waals surface area contributed by atoms with Gasteiger partial charge < -0.3 is 19.7 Å². The highest BCUT2D eigenvalue weighted by molar-refractivity contribution is 7.92. The minimum absolute atomic E-state index is 0.207. The Morgan fingerprint density at radius 2 is 1.71 bits per heavy atom. The number of carbonyl (C=O) groups excluding carboxylic acids is 2. The zero-order chi connectivity index (χ0) is 26.0. The van der Waals surface area contributed by atoms with Gasteiger partial charge >= 0.3 is 0 Å². The van der Waals surface area contributed by atoms with Crippen LogP contribution >= 0.6 is 0 Å². The van der Waals surface area contributed by atoms with E-state index in [9.17, 15) is 18.0 Å². The van der Waals surface area contributed by atoms with Crippen molar-refractivity contribution in [2.24, 2.45) is 0 Å². The Labute approximate surface area is 208 Å². The maximum atomic E-state index is 13.6. The van der Waals surface area contributed by atoms with E-state index >= 15 is 0 Å². The molecule has 10 heteroatoms. The molecular formula is C25H35N3O6S. The number of hydrogen-bond acceptors (Lipinski definition) is 6. The third-order valence-electron chi connectivity index (χ3n) is 5.56. The first-order valence-electron chi connectivity index (χ1n) is 11.5. The molecular weight excluding hydrogens is 470 g/mol. The van der Waals surface area contributed by atoms with Crippen molar-refractivity contribution in [3.8, 4) is 11.5 Å². The van der Waals surface area contributed by atoms with E-state index in [1.54, 1.807) is 12.1 Å². The Morgan fingerprint density at radius 3 is 2.26 bits per heavy atom. The summed E-state index contributed by atoms with van der Waals surface area (Å²) in [5.41, 5.74) is 1.21. The summed E-state index contributed by atoms with van der Waals surface area (Å²) in [4.78, 5) is 27.8. The first-order valence-corrected chi connectivity index (χ1v) is 13.3. The molecule has 0 saturated heterocycles. The van der Waals surface area contributed by atoms with E-state index in [-0.39, 0.29) is 23.9 Å². The molecule has 192 valence electrons. The van der Waals surface area contributed by atoms with Gasteiger partial charge in [-0.05, 0) is 37.5 Å². The fraction of sp³-hybridized carbons (Fsp3) is 0.440. The molecule has 0 bridgehead atoms. The highest BCUT2D eigenvalue weighted by atomic mass is 32.2. The Hall–Kier alpha value is -3.27. The summed E-state index contributed by atoms with van der Waals surface area (Å²) < 4.78 is 37.1. The van der Waals surface area contributed by atoms with Gasteiger partial charge in [-0.15, -0.1) is 0 Å². The molecule has 1 atom stereocenters. The highest BCUT2D eigenvalue weighted by Gasteiger charge is 2.32. The molecule has 2 aromatic carbocycles. The molecule has 0 aromatic heterocycles. The van der Waals surface area contributed by atoms with Crippen molar-refractivity contribution < 1.29 is 27.5 Å². The summed E-state index contributed by atoms with van der Waals surface area (Å²) in [6, 6.07) is 13.6. The second-order valence-electron chi connectivity index (χ2n) is 7.95. The van der Waals surface area contributed by atoms with Crippen molar-refractivity contribution in [2.75, 3.05) is 44.4 Å². The highest BCUT2D eigenvalue weighted by Crippen LogP contribution is 2.33. The number of sulfonamides is 1. The fourth-order valence-corrected chi connectivity index (χ4v) is 4.63. The van der Waals surface area contributed by atoms with Crippen LogP contribution in [-0.4, -0.2) is 71.3 Å². The van der Waals surface area contributed by atoms with Crippen LogP contribution in [0.15, 0.2) is 48.5 Å². The van der Waals surface area contributed by atoms with Crippen LogP contribution in [0.1, 0.15) is 25.8 Å². The lowest BCUT2D eigenvalue weighted by Crippen LogP contribution is -2.53. The number of nitrogens with one attached hydrogen (secondary N) is 1. The summed E-state index contributed by atoms with van der Waals surface area (Å²) in [6.07, 6.45) is 1.93. The van der Waals surface area contributed by atoms with Gasteiger partial charge in [0.1, 0.15) is 24.1 Å². The van der Waals surface area contributed by atoms with Gasteiger partial charge in [0.05, 0.1) is 26.2 Å². The van der Waals surface area contributed by atoms with Crippen LogP contribution in [0.5, 0.6) is 11.5 Å². The number of hydrogen-bond donors (Lipinski definition) is 1. The molecule has 0 spiro atoms. The second-order valence-corrected chi connectivity index (χ2v) is 9.86. The van der Waals surface area contributed by atoms with E-state index in [0.717, 1.165) is 16.1 Å². The number of likely N-dealkylation sites (N-methyl/N-ethyl adjacent to an activating group) is 1. The zero-order valence-electron chi connectivity index (χ0n) is 21.0. The molecule has 0 aliphatic rings. The molecule has 0 aliphatic carbocycles. The lowest BCUT2D eigenvalue weighted by molar-refractivity contribution is -0.139. The van der Waals surface area contributed by atoms with E-state index in [1.165, 1.54) is 25.2 Å². The van der Waals surface area contributed by atoms with Crippen molar-refractivity contribution in [1.82, 2.24) is 10.2 Å². The Balaban J connectivity index is 2.42. The summed E-state index contributed by atoms with van der Waals surface area (Å²) in [5.74, 6) is -0.0296. The van der Waals surface area contributed by atoms with E-state index < -0.39 is 28.5 Å². The third-order valence-corrected chi connectivity index (χ3v) is 6.68. The molecule has 0 aliphatic heterocycles. The van der Waals surface area contributed by atoms with Crippen molar-refractivity contribution >= 4 is 27.5 Å². The van der Waals surface area contributed by atoms with Crippen molar-refractivity contribution in [1.29, 1.82) is 0 Å². The first-order chi connectivity index (χ1) is 16.7. The topological polar surface area (TPSA) is 105 Å². The Bertz CT molecular complexity index is 1090. The summed E-state index contributed by atoms with van der Waals surface area (Å²) in [5, 5.41) is 2.78. The average molecular weight is 506 g/mol. The maximum absolute atomic E-state index is 13.6. The van der Waals surface area contributed by atoms with Gasteiger partial charge in [0.25, 0.3) is 0 Å². The average Bonchev–Trinajstić information content (AvgIpc) is 2.84. The minimum atomic E-state index is -3.86. The normalized spacial score (nSPS) is 11.9. The Kier molecular flexibility index (Phi) is 10.4. The number of rotatable bonds is 13. The van der Waals surface area contributed by atoms with E-state index in [1.807, 2.05) is 44.2 Å².